The lowest BCUT2D eigenvalue weighted by Gasteiger charge is -2.14. The molecular weight excluding hydrogens is 276 g/mol. The van der Waals surface area contributed by atoms with Crippen LogP contribution in [0.15, 0.2) is 30.3 Å². The average molecular weight is 296 g/mol. The van der Waals surface area contributed by atoms with E-state index < -0.39 is 0 Å². The molecule has 0 radical (unpaired) electrons. The fraction of sp³-hybridized carbons (Fsp3) is 0.471. The van der Waals surface area contributed by atoms with Gasteiger partial charge in [-0.2, -0.15) is 0 Å². The minimum atomic E-state index is -0.0662. The summed E-state index contributed by atoms with van der Waals surface area (Å²) in [5, 5.41) is 4.50. The van der Waals surface area contributed by atoms with Crippen molar-refractivity contribution in [3.05, 3.63) is 42.0 Å². The monoisotopic (exact) mass is 296 g/mol. The molecule has 0 unspecified atom stereocenters. The zero-order valence-corrected chi connectivity index (χ0v) is 12.8. The molecule has 1 aromatic carbocycles. The van der Waals surface area contributed by atoms with Crippen LogP contribution in [0.1, 0.15) is 48.0 Å². The van der Waals surface area contributed by atoms with Gasteiger partial charge in [0.1, 0.15) is 5.82 Å². The Kier molecular flexibility index (Phi) is 3.21. The number of carbonyl (C=O) groups excluding carboxylic acids is 1. The highest BCUT2D eigenvalue weighted by molar-refractivity contribution is 5.90. The lowest BCUT2D eigenvalue weighted by molar-refractivity contribution is 0.0776. The highest BCUT2D eigenvalue weighted by Gasteiger charge is 2.33. The molecule has 0 N–H and O–H groups in total. The second kappa shape index (κ2) is 5.23. The van der Waals surface area contributed by atoms with E-state index in [0.29, 0.717) is 17.7 Å². The number of benzene rings is 1. The van der Waals surface area contributed by atoms with Gasteiger partial charge in [-0.15, -0.1) is 5.10 Å². The van der Waals surface area contributed by atoms with Gasteiger partial charge in [-0.25, -0.2) is 9.67 Å². The Labute approximate surface area is 130 Å². The van der Waals surface area contributed by atoms with Crippen LogP contribution in [0.25, 0.3) is 5.69 Å². The minimum Gasteiger partial charge on any atom is -0.339 e. The molecule has 1 aromatic heterocycles. The molecule has 0 spiro atoms. The number of aromatic nitrogens is 3. The second-order valence-corrected chi connectivity index (χ2v) is 6.44. The average Bonchev–Trinajstić information content (AvgIpc) is 3.47. The summed E-state index contributed by atoms with van der Waals surface area (Å²) in [6, 6.07) is 9.95. The Morgan fingerprint density at radius 3 is 2.59 bits per heavy atom. The zero-order chi connectivity index (χ0) is 15.1. The van der Waals surface area contributed by atoms with E-state index in [1.807, 2.05) is 42.1 Å². The Morgan fingerprint density at radius 1 is 1.23 bits per heavy atom. The van der Waals surface area contributed by atoms with Gasteiger partial charge in [0, 0.05) is 19.5 Å². The van der Waals surface area contributed by atoms with Crippen molar-refractivity contribution in [2.75, 3.05) is 13.6 Å². The number of para-hydroxylation sites is 1. The maximum absolute atomic E-state index is 12.5. The van der Waals surface area contributed by atoms with Gasteiger partial charge in [0.15, 0.2) is 0 Å². The Bertz CT molecular complexity index is 686. The largest absolute Gasteiger partial charge is 0.339 e. The smallest absolute Gasteiger partial charge is 0.293 e. The van der Waals surface area contributed by atoms with Crippen LogP contribution in [0, 0.1) is 5.92 Å². The van der Waals surface area contributed by atoms with Crippen LogP contribution >= 0.6 is 0 Å². The maximum Gasteiger partial charge on any atom is 0.293 e. The predicted octanol–water partition coefficient (Wildman–Crippen LogP) is 2.63. The third-order valence-corrected chi connectivity index (χ3v) is 4.34. The number of hydrogen-bond donors (Lipinski definition) is 0. The van der Waals surface area contributed by atoms with Crippen molar-refractivity contribution in [3.63, 3.8) is 0 Å². The Hall–Kier alpha value is -2.17. The molecule has 2 saturated carbocycles. The van der Waals surface area contributed by atoms with Crippen molar-refractivity contribution in [1.29, 1.82) is 0 Å². The summed E-state index contributed by atoms with van der Waals surface area (Å²) < 4.78 is 1.84. The number of nitrogens with zero attached hydrogens (tertiary/aromatic N) is 4. The van der Waals surface area contributed by atoms with Gasteiger partial charge >= 0.3 is 0 Å². The third kappa shape index (κ3) is 2.63. The number of rotatable bonds is 5. The van der Waals surface area contributed by atoms with E-state index in [-0.39, 0.29) is 5.91 Å². The summed E-state index contributed by atoms with van der Waals surface area (Å²) in [5.41, 5.74) is 0.973. The standard InChI is InChI=1S/C17H20N4O/c1-20(11-12-7-8-12)17(22)15-18-16(13-9-10-13)21(19-15)14-5-3-2-4-6-14/h2-6,12-13H,7-11H2,1H3. The van der Waals surface area contributed by atoms with Crippen molar-refractivity contribution in [1.82, 2.24) is 19.7 Å². The van der Waals surface area contributed by atoms with Crippen LogP contribution in [0.4, 0.5) is 0 Å². The fourth-order valence-corrected chi connectivity index (χ4v) is 2.72. The van der Waals surface area contributed by atoms with Crippen LogP contribution in [-0.4, -0.2) is 39.2 Å². The molecule has 114 valence electrons. The van der Waals surface area contributed by atoms with Crippen molar-refractivity contribution in [3.8, 4) is 5.69 Å². The van der Waals surface area contributed by atoms with E-state index in [9.17, 15) is 4.79 Å². The first-order valence-corrected chi connectivity index (χ1v) is 8.00. The van der Waals surface area contributed by atoms with Crippen LogP contribution in [0.3, 0.4) is 0 Å². The number of hydrogen-bond acceptors (Lipinski definition) is 3. The first-order chi connectivity index (χ1) is 10.7. The van der Waals surface area contributed by atoms with Gasteiger partial charge in [0.05, 0.1) is 5.69 Å². The molecule has 0 aliphatic heterocycles. The molecule has 2 aromatic rings. The zero-order valence-electron chi connectivity index (χ0n) is 12.8. The minimum absolute atomic E-state index is 0.0662. The topological polar surface area (TPSA) is 51.0 Å². The van der Waals surface area contributed by atoms with E-state index in [0.717, 1.165) is 30.9 Å². The molecule has 1 heterocycles. The lowest BCUT2D eigenvalue weighted by atomic mass is 10.3. The van der Waals surface area contributed by atoms with Crippen molar-refractivity contribution >= 4 is 5.91 Å². The Morgan fingerprint density at radius 2 is 1.95 bits per heavy atom. The van der Waals surface area contributed by atoms with Gasteiger partial charge in [0.2, 0.25) is 5.82 Å². The van der Waals surface area contributed by atoms with E-state index in [1.54, 1.807) is 4.90 Å². The summed E-state index contributed by atoms with van der Waals surface area (Å²) >= 11 is 0. The Balaban J connectivity index is 1.64. The van der Waals surface area contributed by atoms with Crippen LogP contribution in [-0.2, 0) is 0 Å². The van der Waals surface area contributed by atoms with Crippen molar-refractivity contribution in [2.24, 2.45) is 5.92 Å². The van der Waals surface area contributed by atoms with Gasteiger partial charge in [-0.05, 0) is 43.7 Å². The summed E-state index contributed by atoms with van der Waals surface area (Å²) in [7, 11) is 1.85. The molecular formula is C17H20N4O. The van der Waals surface area contributed by atoms with Crippen LogP contribution in [0.5, 0.6) is 0 Å². The molecule has 0 atom stereocenters. The summed E-state index contributed by atoms with van der Waals surface area (Å²) in [6.07, 6.45) is 4.74. The van der Waals surface area contributed by atoms with E-state index in [4.69, 9.17) is 0 Å². The first-order valence-electron chi connectivity index (χ1n) is 8.00. The fourth-order valence-electron chi connectivity index (χ4n) is 2.72. The SMILES string of the molecule is CN(CC1CC1)C(=O)c1nc(C2CC2)n(-c2ccccc2)n1. The van der Waals surface area contributed by atoms with Crippen molar-refractivity contribution in [2.45, 2.75) is 31.6 Å². The van der Waals surface area contributed by atoms with E-state index in [2.05, 4.69) is 10.1 Å². The number of carbonyl (C=O) groups is 1. The predicted molar refractivity (Wildman–Crippen MR) is 83.0 cm³/mol. The molecule has 5 heteroatoms. The molecule has 0 bridgehead atoms. The molecule has 2 aliphatic rings. The molecule has 1 amide bonds. The van der Waals surface area contributed by atoms with E-state index in [1.165, 1.54) is 12.8 Å². The van der Waals surface area contributed by atoms with Crippen LogP contribution in [0.2, 0.25) is 0 Å². The molecule has 2 aliphatic carbocycles. The normalized spacial score (nSPS) is 17.5. The molecule has 5 nitrogen and oxygen atoms in total. The summed E-state index contributed by atoms with van der Waals surface area (Å²) in [5.74, 6) is 2.31. The summed E-state index contributed by atoms with van der Waals surface area (Å²) in [6.45, 7) is 0.817. The molecule has 4 rings (SSSR count). The highest BCUT2D eigenvalue weighted by atomic mass is 16.2. The second-order valence-electron chi connectivity index (χ2n) is 6.44. The van der Waals surface area contributed by atoms with Gasteiger partial charge < -0.3 is 4.90 Å². The quantitative estimate of drug-likeness (QED) is 0.852. The molecule has 2 fully saturated rings. The van der Waals surface area contributed by atoms with Gasteiger partial charge in [0.25, 0.3) is 5.91 Å². The molecule has 0 saturated heterocycles. The third-order valence-electron chi connectivity index (χ3n) is 4.34. The lowest BCUT2D eigenvalue weighted by Crippen LogP contribution is -2.29. The van der Waals surface area contributed by atoms with E-state index >= 15 is 0 Å². The molecule has 22 heavy (non-hydrogen) atoms. The van der Waals surface area contributed by atoms with Gasteiger partial charge in [-0.1, -0.05) is 18.2 Å². The maximum atomic E-state index is 12.5. The van der Waals surface area contributed by atoms with Crippen molar-refractivity contribution < 1.29 is 4.79 Å². The highest BCUT2D eigenvalue weighted by Crippen LogP contribution is 2.39. The van der Waals surface area contributed by atoms with Crippen LogP contribution < -0.4 is 0 Å². The van der Waals surface area contributed by atoms with Gasteiger partial charge in [-0.3, -0.25) is 4.79 Å². The summed E-state index contributed by atoms with van der Waals surface area (Å²) in [4.78, 5) is 18.9. The first kappa shape index (κ1) is 13.5. The number of amides is 1.